The van der Waals surface area contributed by atoms with Crippen molar-refractivity contribution in [1.82, 2.24) is 10.2 Å². The first-order valence-corrected chi connectivity index (χ1v) is 14.0. The maximum atomic E-state index is 14.0. The van der Waals surface area contributed by atoms with Gasteiger partial charge in [0.1, 0.15) is 24.1 Å². The van der Waals surface area contributed by atoms with Gasteiger partial charge in [-0.2, -0.15) is 0 Å². The summed E-state index contributed by atoms with van der Waals surface area (Å²) in [6.07, 6.45) is 0. The second-order valence-corrected chi connectivity index (χ2v) is 11.1. The molecule has 208 valence electrons. The zero-order valence-electron chi connectivity index (χ0n) is 22.8. The molecule has 3 rings (SSSR count). The molecule has 0 heterocycles. The highest BCUT2D eigenvalue weighted by Crippen LogP contribution is 2.36. The van der Waals surface area contributed by atoms with E-state index in [1.54, 1.807) is 37.3 Å². The highest BCUT2D eigenvalue weighted by atomic mass is 32.2. The molecular formula is C29H35N3O6S. The van der Waals surface area contributed by atoms with Crippen LogP contribution in [0.5, 0.6) is 11.5 Å². The fourth-order valence-corrected chi connectivity index (χ4v) is 5.43. The van der Waals surface area contributed by atoms with E-state index in [1.165, 1.54) is 37.3 Å². The van der Waals surface area contributed by atoms with Gasteiger partial charge in [-0.15, -0.1) is 0 Å². The molecule has 0 aliphatic rings. The molecule has 0 fully saturated rings. The lowest BCUT2D eigenvalue weighted by atomic mass is 10.1. The van der Waals surface area contributed by atoms with Crippen molar-refractivity contribution in [2.24, 2.45) is 0 Å². The van der Waals surface area contributed by atoms with Crippen molar-refractivity contribution in [3.05, 3.63) is 84.4 Å². The van der Waals surface area contributed by atoms with Crippen molar-refractivity contribution in [1.29, 1.82) is 0 Å². The minimum atomic E-state index is -4.23. The third kappa shape index (κ3) is 7.29. The molecule has 1 N–H and O–H groups in total. The van der Waals surface area contributed by atoms with Crippen LogP contribution in [0.25, 0.3) is 0 Å². The third-order valence-electron chi connectivity index (χ3n) is 6.06. The normalized spacial score (nSPS) is 11.9. The smallest absolute Gasteiger partial charge is 0.264 e. The maximum Gasteiger partial charge on any atom is 0.264 e. The van der Waals surface area contributed by atoms with Crippen LogP contribution >= 0.6 is 0 Å². The summed E-state index contributed by atoms with van der Waals surface area (Å²) in [4.78, 5) is 28.3. The van der Waals surface area contributed by atoms with Gasteiger partial charge in [0.15, 0.2) is 0 Å². The molecule has 0 spiro atoms. The van der Waals surface area contributed by atoms with Gasteiger partial charge in [0.25, 0.3) is 10.0 Å². The molecule has 0 aromatic heterocycles. The summed E-state index contributed by atoms with van der Waals surface area (Å²) in [6, 6.07) is 20.8. The Morgan fingerprint density at radius 2 is 1.49 bits per heavy atom. The minimum Gasteiger partial charge on any atom is -0.497 e. The Morgan fingerprint density at radius 1 is 0.872 bits per heavy atom. The van der Waals surface area contributed by atoms with Gasteiger partial charge in [0.2, 0.25) is 11.8 Å². The second kappa shape index (κ2) is 13.1. The molecule has 0 saturated heterocycles. The lowest BCUT2D eigenvalue weighted by Gasteiger charge is -2.32. The molecule has 9 nitrogen and oxygen atoms in total. The predicted octanol–water partition coefficient (Wildman–Crippen LogP) is 3.84. The highest BCUT2D eigenvalue weighted by molar-refractivity contribution is 7.92. The third-order valence-corrected chi connectivity index (χ3v) is 7.83. The number of carbonyl (C=O) groups excluding carboxylic acids is 2. The van der Waals surface area contributed by atoms with E-state index in [1.807, 2.05) is 44.2 Å². The number of hydrogen-bond donors (Lipinski definition) is 1. The summed E-state index contributed by atoms with van der Waals surface area (Å²) in [5.41, 5.74) is 0.930. The first kappa shape index (κ1) is 29.5. The van der Waals surface area contributed by atoms with Crippen molar-refractivity contribution < 1.29 is 27.5 Å². The number of nitrogens with zero attached hydrogens (tertiary/aromatic N) is 2. The molecule has 10 heteroatoms. The fraction of sp³-hybridized carbons (Fsp3) is 0.310. The number of benzene rings is 3. The van der Waals surface area contributed by atoms with E-state index in [-0.39, 0.29) is 34.8 Å². The van der Waals surface area contributed by atoms with Crippen LogP contribution in [0.4, 0.5) is 5.69 Å². The Morgan fingerprint density at radius 3 is 2.05 bits per heavy atom. The molecule has 1 unspecified atom stereocenters. The molecule has 0 radical (unpaired) electrons. The lowest BCUT2D eigenvalue weighted by Crippen LogP contribution is -2.52. The Bertz CT molecular complexity index is 1360. The summed E-state index contributed by atoms with van der Waals surface area (Å²) >= 11 is 0. The van der Waals surface area contributed by atoms with Crippen molar-refractivity contribution in [2.75, 3.05) is 25.1 Å². The summed E-state index contributed by atoms with van der Waals surface area (Å²) in [5, 5.41) is 2.84. The van der Waals surface area contributed by atoms with Crippen LogP contribution in [0.3, 0.4) is 0 Å². The van der Waals surface area contributed by atoms with E-state index in [0.29, 0.717) is 5.75 Å². The van der Waals surface area contributed by atoms with Gasteiger partial charge in [-0.25, -0.2) is 8.42 Å². The van der Waals surface area contributed by atoms with Crippen molar-refractivity contribution in [3.8, 4) is 11.5 Å². The van der Waals surface area contributed by atoms with E-state index in [0.717, 1.165) is 9.87 Å². The summed E-state index contributed by atoms with van der Waals surface area (Å²) in [5.74, 6) is -0.277. The average Bonchev–Trinajstić information content (AvgIpc) is 2.94. The van der Waals surface area contributed by atoms with Crippen LogP contribution in [0.1, 0.15) is 26.3 Å². The average molecular weight is 554 g/mol. The monoisotopic (exact) mass is 553 g/mol. The first-order valence-electron chi connectivity index (χ1n) is 12.5. The van der Waals surface area contributed by atoms with Crippen LogP contribution in [0.15, 0.2) is 83.8 Å². The molecule has 39 heavy (non-hydrogen) atoms. The summed E-state index contributed by atoms with van der Waals surface area (Å²) in [6.45, 7) is 4.82. The van der Waals surface area contributed by atoms with Crippen LogP contribution in [-0.4, -0.2) is 58.0 Å². The molecule has 1 atom stereocenters. The van der Waals surface area contributed by atoms with Gasteiger partial charge in [-0.1, -0.05) is 48.5 Å². The van der Waals surface area contributed by atoms with Crippen molar-refractivity contribution >= 4 is 27.5 Å². The standard InChI is InChI=1S/C29H35N3O6S/c1-21(2)30-29(34)22(3)31(19-23-12-8-6-9-13-23)28(33)20-32(39(35,36)25-14-10-7-11-15-25)26-18-24(37-4)16-17-27(26)38-5/h6-18,21-22H,19-20H2,1-5H3,(H,30,34). The number of nitrogens with one attached hydrogen (secondary N) is 1. The molecule has 0 aliphatic heterocycles. The largest absolute Gasteiger partial charge is 0.497 e. The number of carbonyl (C=O) groups is 2. The van der Waals surface area contributed by atoms with Gasteiger partial charge in [-0.3, -0.25) is 13.9 Å². The number of methoxy groups -OCH3 is 2. The maximum absolute atomic E-state index is 14.0. The number of sulfonamides is 1. The Hall–Kier alpha value is -4.05. The number of amides is 2. The van der Waals surface area contributed by atoms with Gasteiger partial charge in [0, 0.05) is 18.7 Å². The Balaban J connectivity index is 2.10. The van der Waals surface area contributed by atoms with Crippen molar-refractivity contribution in [3.63, 3.8) is 0 Å². The molecule has 0 aliphatic carbocycles. The zero-order chi connectivity index (χ0) is 28.6. The van der Waals surface area contributed by atoms with Crippen LogP contribution in [0, 0.1) is 0 Å². The molecule has 0 bridgehead atoms. The Kier molecular flexibility index (Phi) is 9.95. The fourth-order valence-electron chi connectivity index (χ4n) is 3.99. The number of anilines is 1. The SMILES string of the molecule is COc1ccc(OC)c(N(CC(=O)N(Cc2ccccc2)C(C)C(=O)NC(C)C)S(=O)(=O)c2ccccc2)c1. The zero-order valence-corrected chi connectivity index (χ0v) is 23.6. The number of ether oxygens (including phenoxy) is 2. The molecule has 0 saturated carbocycles. The summed E-state index contributed by atoms with van der Waals surface area (Å²) < 4.78 is 39.7. The van der Waals surface area contributed by atoms with E-state index in [2.05, 4.69) is 5.32 Å². The summed E-state index contributed by atoms with van der Waals surface area (Å²) in [7, 11) is -1.35. The lowest BCUT2D eigenvalue weighted by molar-refractivity contribution is -0.139. The van der Waals surface area contributed by atoms with Crippen LogP contribution < -0.4 is 19.1 Å². The van der Waals surface area contributed by atoms with E-state index in [4.69, 9.17) is 9.47 Å². The van der Waals surface area contributed by atoms with Gasteiger partial charge < -0.3 is 19.7 Å². The van der Waals surface area contributed by atoms with Crippen LogP contribution in [0.2, 0.25) is 0 Å². The topological polar surface area (TPSA) is 105 Å². The van der Waals surface area contributed by atoms with Gasteiger partial charge in [-0.05, 0) is 50.6 Å². The van der Waals surface area contributed by atoms with E-state index in [9.17, 15) is 18.0 Å². The van der Waals surface area contributed by atoms with Crippen LogP contribution in [-0.2, 0) is 26.2 Å². The van der Waals surface area contributed by atoms with Gasteiger partial charge >= 0.3 is 0 Å². The molecule has 3 aromatic rings. The predicted molar refractivity (Wildman–Crippen MR) is 150 cm³/mol. The minimum absolute atomic E-state index is 0.00267. The van der Waals surface area contributed by atoms with Crippen molar-refractivity contribution in [2.45, 2.75) is 44.3 Å². The molecular weight excluding hydrogens is 518 g/mol. The number of hydrogen-bond acceptors (Lipinski definition) is 6. The highest BCUT2D eigenvalue weighted by Gasteiger charge is 2.34. The van der Waals surface area contributed by atoms with E-state index < -0.39 is 28.5 Å². The quantitative estimate of drug-likeness (QED) is 0.365. The first-order chi connectivity index (χ1) is 18.6. The molecule has 3 aromatic carbocycles. The second-order valence-electron chi connectivity index (χ2n) is 9.21. The Labute approximate surface area is 230 Å². The van der Waals surface area contributed by atoms with Gasteiger partial charge in [0.05, 0.1) is 24.8 Å². The molecule has 2 amide bonds. The van der Waals surface area contributed by atoms with E-state index >= 15 is 0 Å². The number of rotatable bonds is 12.